The van der Waals surface area contributed by atoms with Crippen LogP contribution >= 0.6 is 12.6 Å². The van der Waals surface area contributed by atoms with E-state index < -0.39 is 24.4 Å². The molecule has 2 aromatic carbocycles. The van der Waals surface area contributed by atoms with E-state index in [2.05, 4.69) is 12.6 Å². The average Bonchev–Trinajstić information content (AvgIpc) is 2.76. The van der Waals surface area contributed by atoms with Crippen molar-refractivity contribution in [2.45, 2.75) is 37.2 Å². The maximum absolute atomic E-state index is 13.1. The fourth-order valence-corrected chi connectivity index (χ4v) is 4.26. The number of para-hydroxylation sites is 1. The predicted molar refractivity (Wildman–Crippen MR) is 119 cm³/mol. The van der Waals surface area contributed by atoms with E-state index in [-0.39, 0.29) is 22.8 Å². The Labute approximate surface area is 186 Å². The van der Waals surface area contributed by atoms with E-state index in [0.717, 1.165) is 5.56 Å². The van der Waals surface area contributed by atoms with Gasteiger partial charge in [0.15, 0.2) is 0 Å². The van der Waals surface area contributed by atoms with Gasteiger partial charge in [-0.1, -0.05) is 30.3 Å². The molecule has 2 N–H and O–H groups in total. The summed E-state index contributed by atoms with van der Waals surface area (Å²) >= 11 is 4.63. The molecule has 8 heteroatoms. The van der Waals surface area contributed by atoms with Crippen molar-refractivity contribution < 1.29 is 29.3 Å². The summed E-state index contributed by atoms with van der Waals surface area (Å²) in [6.45, 7) is -0.0507. The van der Waals surface area contributed by atoms with Crippen LogP contribution in [0, 0.1) is 5.92 Å². The number of benzene rings is 2. The third-order valence-corrected chi connectivity index (χ3v) is 5.97. The van der Waals surface area contributed by atoms with Crippen LogP contribution in [0.3, 0.4) is 0 Å². The number of thiol groups is 1. The van der Waals surface area contributed by atoms with Crippen molar-refractivity contribution in [3.05, 3.63) is 65.7 Å². The maximum Gasteiger partial charge on any atom is 0.335 e. The van der Waals surface area contributed by atoms with Gasteiger partial charge < -0.3 is 19.8 Å². The van der Waals surface area contributed by atoms with Gasteiger partial charge in [-0.05, 0) is 49.1 Å². The van der Waals surface area contributed by atoms with Crippen LogP contribution in [0.4, 0.5) is 5.69 Å². The third kappa shape index (κ3) is 6.08. The average molecular weight is 444 g/mol. The largest absolute Gasteiger partial charge is 0.480 e. The van der Waals surface area contributed by atoms with Gasteiger partial charge in [0.1, 0.15) is 6.54 Å². The molecule has 1 fully saturated rings. The fraction of sp³-hybridized carbons (Fsp3) is 0.348. The second kappa shape index (κ2) is 10.5. The number of nitrogens with zero attached hydrogens (tertiary/aromatic N) is 1. The zero-order chi connectivity index (χ0) is 22.4. The molecule has 0 aliphatic heterocycles. The Balaban J connectivity index is 1.58. The van der Waals surface area contributed by atoms with Crippen LogP contribution < -0.4 is 4.90 Å². The summed E-state index contributed by atoms with van der Waals surface area (Å²) in [5, 5.41) is 18.0. The number of amides is 1. The van der Waals surface area contributed by atoms with Gasteiger partial charge in [0.2, 0.25) is 5.91 Å². The summed E-state index contributed by atoms with van der Waals surface area (Å²) in [6, 6.07) is 15.3. The van der Waals surface area contributed by atoms with Crippen molar-refractivity contribution >= 4 is 36.2 Å². The number of rotatable bonds is 8. The maximum atomic E-state index is 13.1. The first-order valence-electron chi connectivity index (χ1n) is 10.0. The van der Waals surface area contributed by atoms with Crippen LogP contribution in [0.1, 0.15) is 35.2 Å². The Morgan fingerprint density at radius 2 is 1.68 bits per heavy atom. The summed E-state index contributed by atoms with van der Waals surface area (Å²) in [7, 11) is 0. The smallest absolute Gasteiger partial charge is 0.335 e. The summed E-state index contributed by atoms with van der Waals surface area (Å²) in [6.07, 6.45) is 1.72. The molecule has 0 unspecified atom stereocenters. The summed E-state index contributed by atoms with van der Waals surface area (Å²) in [4.78, 5) is 36.7. The number of anilines is 1. The minimum atomic E-state index is -1.07. The molecule has 164 valence electrons. The molecule has 0 radical (unpaired) electrons. The number of carbonyl (C=O) groups is 3. The standard InChI is InChI=1S/C23H25NO6S/c25-21(26)13-24(17-4-2-1-3-5-17)22(27)19-11-10-18(12-20(19)31)30-14-15-6-8-16(9-7-15)23(28)29/h1-9,18-20,31H,10-14H2,(H,25,26)(H,28,29)/t18-,19-,20-/m1/s1. The van der Waals surface area contributed by atoms with Gasteiger partial charge in [-0.2, -0.15) is 12.6 Å². The molecule has 0 saturated heterocycles. The zero-order valence-electron chi connectivity index (χ0n) is 16.9. The Hall–Kier alpha value is -2.84. The number of aliphatic carboxylic acids is 1. The summed E-state index contributed by atoms with van der Waals surface area (Å²) in [5.74, 6) is -2.67. The van der Waals surface area contributed by atoms with E-state index in [4.69, 9.17) is 9.84 Å². The molecular weight excluding hydrogens is 418 g/mol. The summed E-state index contributed by atoms with van der Waals surface area (Å²) in [5.41, 5.74) is 1.65. The Bertz CT molecular complexity index is 917. The van der Waals surface area contributed by atoms with Crippen molar-refractivity contribution in [1.29, 1.82) is 0 Å². The molecule has 3 atom stereocenters. The van der Waals surface area contributed by atoms with Crippen LogP contribution in [0.25, 0.3) is 0 Å². The number of ether oxygens (including phenoxy) is 1. The van der Waals surface area contributed by atoms with E-state index in [9.17, 15) is 19.5 Å². The minimum absolute atomic E-state index is 0.0738. The highest BCUT2D eigenvalue weighted by Gasteiger charge is 2.36. The second-order valence-electron chi connectivity index (χ2n) is 7.58. The molecule has 0 spiro atoms. The lowest BCUT2D eigenvalue weighted by atomic mass is 9.85. The lowest BCUT2D eigenvalue weighted by molar-refractivity contribution is -0.137. The molecule has 0 heterocycles. The van der Waals surface area contributed by atoms with Gasteiger partial charge in [0.05, 0.1) is 24.2 Å². The number of carbonyl (C=O) groups excluding carboxylic acids is 1. The highest BCUT2D eigenvalue weighted by molar-refractivity contribution is 7.81. The van der Waals surface area contributed by atoms with Crippen LogP contribution in [0.5, 0.6) is 0 Å². The van der Waals surface area contributed by atoms with Crippen LogP contribution in [-0.4, -0.2) is 46.0 Å². The molecule has 7 nitrogen and oxygen atoms in total. The molecule has 1 aliphatic carbocycles. The first-order chi connectivity index (χ1) is 14.8. The molecule has 0 aromatic heterocycles. The van der Waals surface area contributed by atoms with E-state index in [1.165, 1.54) is 4.90 Å². The van der Waals surface area contributed by atoms with Crippen LogP contribution in [0.2, 0.25) is 0 Å². The number of carboxylic acid groups (broad SMARTS) is 2. The molecular formula is C23H25NO6S. The van der Waals surface area contributed by atoms with E-state index in [0.29, 0.717) is 31.6 Å². The number of hydrogen-bond donors (Lipinski definition) is 3. The van der Waals surface area contributed by atoms with Crippen molar-refractivity contribution in [1.82, 2.24) is 0 Å². The zero-order valence-corrected chi connectivity index (χ0v) is 17.8. The molecule has 31 heavy (non-hydrogen) atoms. The molecule has 1 saturated carbocycles. The lowest BCUT2D eigenvalue weighted by Crippen LogP contribution is -2.45. The van der Waals surface area contributed by atoms with Gasteiger partial charge in [-0.25, -0.2) is 4.79 Å². The number of aromatic carboxylic acids is 1. The third-order valence-electron chi connectivity index (χ3n) is 5.40. The van der Waals surface area contributed by atoms with Gasteiger partial charge in [0, 0.05) is 10.9 Å². The van der Waals surface area contributed by atoms with E-state index >= 15 is 0 Å². The summed E-state index contributed by atoms with van der Waals surface area (Å²) < 4.78 is 5.96. The fourth-order valence-electron chi connectivity index (χ4n) is 3.75. The quantitative estimate of drug-likeness (QED) is 0.540. The van der Waals surface area contributed by atoms with Gasteiger partial charge >= 0.3 is 11.9 Å². The topological polar surface area (TPSA) is 104 Å². The monoisotopic (exact) mass is 443 g/mol. The number of carboxylic acids is 2. The highest BCUT2D eigenvalue weighted by Crippen LogP contribution is 2.33. The van der Waals surface area contributed by atoms with Crippen molar-refractivity contribution in [3.63, 3.8) is 0 Å². The highest BCUT2D eigenvalue weighted by atomic mass is 32.1. The van der Waals surface area contributed by atoms with Crippen molar-refractivity contribution in [2.24, 2.45) is 5.92 Å². The molecule has 2 aromatic rings. The lowest BCUT2D eigenvalue weighted by Gasteiger charge is -2.35. The molecule has 0 bridgehead atoms. The normalized spacial score (nSPS) is 20.7. The van der Waals surface area contributed by atoms with Gasteiger partial charge in [-0.3, -0.25) is 9.59 Å². The van der Waals surface area contributed by atoms with E-state index in [1.807, 2.05) is 6.07 Å². The molecule has 1 aliphatic rings. The van der Waals surface area contributed by atoms with Crippen molar-refractivity contribution in [2.75, 3.05) is 11.4 Å². The van der Waals surface area contributed by atoms with Crippen LogP contribution in [0.15, 0.2) is 54.6 Å². The first kappa shape index (κ1) is 22.8. The molecule has 1 amide bonds. The SMILES string of the molecule is O=C(O)CN(C(=O)[C@@H]1CC[C@@H](OCc2ccc(C(=O)O)cc2)C[C@H]1S)c1ccccc1. The number of hydrogen-bond acceptors (Lipinski definition) is 5. The van der Waals surface area contributed by atoms with Crippen LogP contribution in [-0.2, 0) is 20.9 Å². The van der Waals surface area contributed by atoms with Crippen molar-refractivity contribution in [3.8, 4) is 0 Å². The Kier molecular flexibility index (Phi) is 7.70. The van der Waals surface area contributed by atoms with Gasteiger partial charge in [0.25, 0.3) is 0 Å². The molecule has 3 rings (SSSR count). The Morgan fingerprint density at radius 3 is 2.26 bits per heavy atom. The predicted octanol–water partition coefficient (Wildman–Crippen LogP) is 3.49. The Morgan fingerprint density at radius 1 is 1.00 bits per heavy atom. The van der Waals surface area contributed by atoms with Gasteiger partial charge in [-0.15, -0.1) is 0 Å². The second-order valence-corrected chi connectivity index (χ2v) is 8.24. The minimum Gasteiger partial charge on any atom is -0.480 e. The first-order valence-corrected chi connectivity index (χ1v) is 10.6. The van der Waals surface area contributed by atoms with E-state index in [1.54, 1.807) is 48.5 Å².